The molecule has 0 atom stereocenters. The van der Waals surface area contributed by atoms with Crippen molar-refractivity contribution in [1.82, 2.24) is 0 Å². The van der Waals surface area contributed by atoms with Crippen LogP contribution in [0.3, 0.4) is 0 Å². The molecule has 3 nitrogen and oxygen atoms in total. The molecule has 1 aromatic carbocycles. The summed E-state index contributed by atoms with van der Waals surface area (Å²) in [6.07, 6.45) is 0. The van der Waals surface area contributed by atoms with Crippen LogP contribution in [0.25, 0.3) is 0 Å². The van der Waals surface area contributed by atoms with Crippen molar-refractivity contribution in [2.75, 3.05) is 0 Å². The molecule has 0 radical (unpaired) electrons. The quantitative estimate of drug-likeness (QED) is 0.673. The molecular weight excluding hydrogens is 159 g/mol. The van der Waals surface area contributed by atoms with Gasteiger partial charge in [0.05, 0.1) is 6.61 Å². The summed E-state index contributed by atoms with van der Waals surface area (Å²) < 4.78 is 5.05. The van der Waals surface area contributed by atoms with Crippen LogP contribution in [-0.2, 0) is 11.1 Å². The first-order chi connectivity index (χ1) is 5.29. The Bertz CT molecular complexity index is 203. The maximum Gasteiger partial charge on any atom is 0.176 e. The molecule has 4 N–H and O–H groups in total. The van der Waals surface area contributed by atoms with E-state index in [9.17, 15) is 0 Å². The fourth-order valence-electron chi connectivity index (χ4n) is 0.723. The highest BCUT2D eigenvalue weighted by Crippen LogP contribution is 2.17. The van der Waals surface area contributed by atoms with E-state index in [-0.39, 0.29) is 0 Å². The molecule has 60 valence electrons. The molecule has 0 bridgehead atoms. The van der Waals surface area contributed by atoms with Gasteiger partial charge in [0.2, 0.25) is 0 Å². The lowest BCUT2D eigenvalue weighted by atomic mass is 10.2. The van der Waals surface area contributed by atoms with Crippen LogP contribution >= 0.6 is 8.45 Å². The Hall–Kier alpha value is -0.470. The highest BCUT2D eigenvalue weighted by molar-refractivity contribution is 7.47. The number of rotatable bonds is 3. The Morgan fingerprint density at radius 3 is 2.36 bits per heavy atom. The lowest BCUT2D eigenvalue weighted by molar-refractivity contribution is 0.341. The molecule has 0 aromatic heterocycles. The molecule has 11 heavy (non-hydrogen) atoms. The maximum atomic E-state index is 5.26. The summed E-state index contributed by atoms with van der Waals surface area (Å²) in [4.78, 5) is 0. The van der Waals surface area contributed by atoms with Crippen LogP contribution in [0.5, 0.6) is 0 Å². The summed E-state index contributed by atoms with van der Waals surface area (Å²) in [5.41, 5.74) is 11.6. The molecule has 0 unspecified atom stereocenters. The van der Waals surface area contributed by atoms with Gasteiger partial charge in [-0.15, -0.1) is 0 Å². The summed E-state index contributed by atoms with van der Waals surface area (Å²) in [6, 6.07) is 9.80. The van der Waals surface area contributed by atoms with Crippen molar-refractivity contribution >= 4 is 8.45 Å². The highest BCUT2D eigenvalue weighted by atomic mass is 31.2. The van der Waals surface area contributed by atoms with Gasteiger partial charge in [-0.3, -0.25) is 11.0 Å². The predicted octanol–water partition coefficient (Wildman–Crippen LogP) is 1.35. The molecule has 0 fully saturated rings. The van der Waals surface area contributed by atoms with E-state index in [4.69, 9.17) is 15.5 Å². The SMILES string of the molecule is NP(N)OCc1ccccc1. The molecule has 0 aliphatic carbocycles. The Morgan fingerprint density at radius 1 is 1.18 bits per heavy atom. The van der Waals surface area contributed by atoms with Crippen LogP contribution in [0.1, 0.15) is 5.56 Å². The Kier molecular flexibility index (Phi) is 3.46. The van der Waals surface area contributed by atoms with E-state index in [0.717, 1.165) is 5.56 Å². The van der Waals surface area contributed by atoms with Gasteiger partial charge in [0.25, 0.3) is 0 Å². The van der Waals surface area contributed by atoms with Crippen molar-refractivity contribution < 1.29 is 4.52 Å². The number of nitrogens with two attached hydrogens (primary N) is 2. The average Bonchev–Trinajstić information content (AvgIpc) is 2.03. The monoisotopic (exact) mass is 170 g/mol. The minimum Gasteiger partial charge on any atom is -0.327 e. The van der Waals surface area contributed by atoms with Gasteiger partial charge in [-0.2, -0.15) is 0 Å². The van der Waals surface area contributed by atoms with Crippen LogP contribution in [0, 0.1) is 0 Å². The van der Waals surface area contributed by atoms with Crippen molar-refractivity contribution in [3.05, 3.63) is 35.9 Å². The molecule has 0 amide bonds. The minimum absolute atomic E-state index is 0.500. The van der Waals surface area contributed by atoms with Gasteiger partial charge in [-0.05, 0) is 5.56 Å². The second kappa shape index (κ2) is 4.42. The lowest BCUT2D eigenvalue weighted by Gasteiger charge is -2.05. The largest absolute Gasteiger partial charge is 0.327 e. The Labute approximate surface area is 67.3 Å². The van der Waals surface area contributed by atoms with Crippen LogP contribution in [0.4, 0.5) is 0 Å². The molecule has 0 aliphatic rings. The normalized spacial score (nSPS) is 10.5. The second-order valence-electron chi connectivity index (χ2n) is 2.12. The standard InChI is InChI=1S/C7H11N2OP/c8-11(9)10-6-7-4-2-1-3-5-7/h1-5H,6,8-9H2. The van der Waals surface area contributed by atoms with Crippen LogP contribution < -0.4 is 11.0 Å². The third-order valence-corrected chi connectivity index (χ3v) is 1.65. The number of hydrogen-bond acceptors (Lipinski definition) is 3. The molecular formula is C7H11N2OP. The smallest absolute Gasteiger partial charge is 0.176 e. The van der Waals surface area contributed by atoms with Crippen molar-refractivity contribution in [3.8, 4) is 0 Å². The van der Waals surface area contributed by atoms with Gasteiger partial charge < -0.3 is 4.52 Å². The number of hydrogen-bond donors (Lipinski definition) is 2. The fourth-order valence-corrected chi connectivity index (χ4v) is 1.02. The Balaban J connectivity index is 2.39. The summed E-state index contributed by atoms with van der Waals surface area (Å²) >= 11 is 0. The molecule has 1 aromatic rings. The third-order valence-electron chi connectivity index (χ3n) is 1.22. The fraction of sp³-hybridized carbons (Fsp3) is 0.143. The third kappa shape index (κ3) is 3.44. The minimum atomic E-state index is -1.22. The lowest BCUT2D eigenvalue weighted by Crippen LogP contribution is -2.02. The first-order valence-corrected chi connectivity index (χ1v) is 4.65. The molecule has 0 spiro atoms. The molecule has 0 heterocycles. The summed E-state index contributed by atoms with van der Waals surface area (Å²) in [5.74, 6) is 0. The molecule has 0 saturated heterocycles. The zero-order chi connectivity index (χ0) is 8.10. The van der Waals surface area contributed by atoms with E-state index >= 15 is 0 Å². The van der Waals surface area contributed by atoms with Gasteiger partial charge >= 0.3 is 0 Å². The van der Waals surface area contributed by atoms with Gasteiger partial charge in [-0.1, -0.05) is 30.3 Å². The molecule has 1 rings (SSSR count). The van der Waals surface area contributed by atoms with E-state index in [1.807, 2.05) is 30.3 Å². The topological polar surface area (TPSA) is 61.3 Å². The maximum absolute atomic E-state index is 5.26. The first kappa shape index (κ1) is 8.62. The highest BCUT2D eigenvalue weighted by Gasteiger charge is 1.94. The van der Waals surface area contributed by atoms with E-state index in [1.54, 1.807) is 0 Å². The van der Waals surface area contributed by atoms with Crippen molar-refractivity contribution in [3.63, 3.8) is 0 Å². The first-order valence-electron chi connectivity index (χ1n) is 3.25. The Morgan fingerprint density at radius 2 is 1.82 bits per heavy atom. The zero-order valence-electron chi connectivity index (χ0n) is 6.10. The van der Waals surface area contributed by atoms with E-state index in [0.29, 0.717) is 6.61 Å². The molecule has 0 saturated carbocycles. The summed E-state index contributed by atoms with van der Waals surface area (Å²) in [6.45, 7) is 0.500. The number of benzene rings is 1. The van der Waals surface area contributed by atoms with E-state index in [1.165, 1.54) is 0 Å². The summed E-state index contributed by atoms with van der Waals surface area (Å²) in [7, 11) is -1.22. The molecule has 4 heteroatoms. The second-order valence-corrected chi connectivity index (χ2v) is 3.10. The van der Waals surface area contributed by atoms with Gasteiger partial charge in [0, 0.05) is 0 Å². The predicted molar refractivity (Wildman–Crippen MR) is 46.5 cm³/mol. The van der Waals surface area contributed by atoms with Gasteiger partial charge in [0.15, 0.2) is 8.45 Å². The van der Waals surface area contributed by atoms with E-state index < -0.39 is 8.45 Å². The van der Waals surface area contributed by atoms with Crippen molar-refractivity contribution in [1.29, 1.82) is 0 Å². The van der Waals surface area contributed by atoms with E-state index in [2.05, 4.69) is 0 Å². The van der Waals surface area contributed by atoms with Crippen LogP contribution in [-0.4, -0.2) is 0 Å². The van der Waals surface area contributed by atoms with Crippen molar-refractivity contribution in [2.45, 2.75) is 6.61 Å². The zero-order valence-corrected chi connectivity index (χ0v) is 7.00. The van der Waals surface area contributed by atoms with Crippen LogP contribution in [0.2, 0.25) is 0 Å². The summed E-state index contributed by atoms with van der Waals surface area (Å²) in [5, 5.41) is 0. The van der Waals surface area contributed by atoms with Crippen LogP contribution in [0.15, 0.2) is 30.3 Å². The van der Waals surface area contributed by atoms with Gasteiger partial charge in [-0.25, -0.2) is 0 Å². The molecule has 0 aliphatic heterocycles. The van der Waals surface area contributed by atoms with Gasteiger partial charge in [0.1, 0.15) is 0 Å². The average molecular weight is 170 g/mol. The van der Waals surface area contributed by atoms with Crippen molar-refractivity contribution in [2.24, 2.45) is 11.0 Å².